The number of fused-ring (bicyclic) bond motifs is 5. The molecule has 7 atom stereocenters. The van der Waals surface area contributed by atoms with Crippen LogP contribution in [-0.4, -0.2) is 44.2 Å². The smallest absolute Gasteiger partial charge is 0.178 e. The molecular weight excluding hydrogens is 478 g/mol. The molecule has 2 N–H and O–H groups in total. The number of rotatable bonds is 4. The van der Waals surface area contributed by atoms with Crippen molar-refractivity contribution in [3.63, 3.8) is 0 Å². The van der Waals surface area contributed by atoms with E-state index in [1.807, 2.05) is 18.4 Å². The molecule has 3 saturated carbocycles. The molecule has 5 unspecified atom stereocenters. The van der Waals surface area contributed by atoms with Crippen LogP contribution >= 0.6 is 23.1 Å². The molecule has 4 aliphatic carbocycles. The zero-order valence-corrected chi connectivity index (χ0v) is 23.0. The Morgan fingerprint density at radius 1 is 1.29 bits per heavy atom. The zero-order chi connectivity index (χ0) is 25.4. The minimum absolute atomic E-state index is 0.00268. The molecule has 0 amide bonds. The highest BCUT2D eigenvalue weighted by atomic mass is 32.2. The van der Waals surface area contributed by atoms with Crippen LogP contribution in [-0.2, 0) is 15.0 Å². The number of hydrogen-bond acceptors (Lipinski definition) is 7. The largest absolute Gasteiger partial charge is 0.393 e. The highest BCUT2D eigenvalue weighted by Crippen LogP contribution is 2.67. The second kappa shape index (κ2) is 8.37. The van der Waals surface area contributed by atoms with Crippen molar-refractivity contribution in [2.24, 2.45) is 28.6 Å². The van der Waals surface area contributed by atoms with Crippen molar-refractivity contribution in [2.75, 3.05) is 5.75 Å². The Bertz CT molecular complexity index is 1120. The monoisotopic (exact) mass is 515 g/mol. The number of aliphatic hydroxyl groups is 2. The van der Waals surface area contributed by atoms with Gasteiger partial charge < -0.3 is 10.2 Å². The Kier molecular flexibility index (Phi) is 6.07. The van der Waals surface area contributed by atoms with Crippen LogP contribution in [0.15, 0.2) is 33.5 Å². The lowest BCUT2D eigenvalue weighted by atomic mass is 9.46. The Morgan fingerprint density at radius 3 is 2.71 bits per heavy atom. The van der Waals surface area contributed by atoms with E-state index in [1.54, 1.807) is 23.5 Å². The Hall–Kier alpha value is -1.28. The topological polar surface area (TPSA) is 87.5 Å². The van der Waals surface area contributed by atoms with Crippen LogP contribution in [0.25, 0.3) is 0 Å². The van der Waals surface area contributed by atoms with Crippen LogP contribution in [0.5, 0.6) is 0 Å². The minimum atomic E-state index is -1.43. The molecule has 0 aliphatic heterocycles. The van der Waals surface area contributed by atoms with Crippen LogP contribution in [0.1, 0.15) is 72.4 Å². The van der Waals surface area contributed by atoms with E-state index in [2.05, 4.69) is 27.7 Å². The van der Waals surface area contributed by atoms with Crippen molar-refractivity contribution in [1.82, 2.24) is 4.98 Å². The number of thioether (sulfide) groups is 1. The molecule has 7 heteroatoms. The van der Waals surface area contributed by atoms with E-state index in [0.29, 0.717) is 12.8 Å². The number of carbonyl (C=O) groups excluding carboxylic acids is 2. The number of Topliss-reactive ketones (excluding diaryl/α,β-unsaturated/α-hetero) is 1. The molecule has 35 heavy (non-hydrogen) atoms. The maximum atomic E-state index is 13.6. The summed E-state index contributed by atoms with van der Waals surface area (Å²) in [6.07, 6.45) is 8.12. The van der Waals surface area contributed by atoms with E-state index in [-0.39, 0.29) is 45.9 Å². The van der Waals surface area contributed by atoms with Crippen molar-refractivity contribution in [3.8, 4) is 0 Å². The lowest BCUT2D eigenvalue weighted by molar-refractivity contribution is -0.174. The Morgan fingerprint density at radius 2 is 2.03 bits per heavy atom. The first-order chi connectivity index (χ1) is 16.3. The van der Waals surface area contributed by atoms with Crippen LogP contribution in [0.2, 0.25) is 0 Å². The van der Waals surface area contributed by atoms with Gasteiger partial charge in [-0.1, -0.05) is 58.0 Å². The molecule has 1 aromatic rings. The van der Waals surface area contributed by atoms with E-state index in [4.69, 9.17) is 4.98 Å². The van der Waals surface area contributed by atoms with Crippen molar-refractivity contribution in [3.05, 3.63) is 34.9 Å². The maximum Gasteiger partial charge on any atom is 0.178 e. The summed E-state index contributed by atoms with van der Waals surface area (Å²) in [7, 11) is 0. The molecule has 5 rings (SSSR count). The van der Waals surface area contributed by atoms with Gasteiger partial charge in [0.05, 0.1) is 17.6 Å². The predicted molar refractivity (Wildman–Crippen MR) is 140 cm³/mol. The zero-order valence-electron chi connectivity index (χ0n) is 21.3. The van der Waals surface area contributed by atoms with Gasteiger partial charge in [-0.25, -0.2) is 4.98 Å². The van der Waals surface area contributed by atoms with Crippen LogP contribution in [0.3, 0.4) is 0 Å². The van der Waals surface area contributed by atoms with E-state index >= 15 is 0 Å². The minimum Gasteiger partial charge on any atom is -0.393 e. The van der Waals surface area contributed by atoms with Crippen LogP contribution < -0.4 is 0 Å². The van der Waals surface area contributed by atoms with Gasteiger partial charge in [0.15, 0.2) is 15.9 Å². The van der Waals surface area contributed by atoms with E-state index in [1.165, 1.54) is 11.8 Å². The molecule has 4 aliphatic rings. The molecule has 0 saturated heterocycles. The molecule has 190 valence electrons. The lowest BCUT2D eigenvalue weighted by Gasteiger charge is -2.59. The summed E-state index contributed by atoms with van der Waals surface area (Å²) < 4.78 is 0.855. The summed E-state index contributed by atoms with van der Waals surface area (Å²) in [5, 5.41) is 25.5. The normalized spacial score (nSPS) is 40.7. The van der Waals surface area contributed by atoms with E-state index in [9.17, 15) is 19.8 Å². The third-order valence-electron chi connectivity index (χ3n) is 9.69. The van der Waals surface area contributed by atoms with Crippen molar-refractivity contribution in [1.29, 1.82) is 0 Å². The molecule has 0 spiro atoms. The van der Waals surface area contributed by atoms with Gasteiger partial charge >= 0.3 is 0 Å². The third-order valence-corrected chi connectivity index (χ3v) is 11.7. The molecule has 0 bridgehead atoms. The quantitative estimate of drug-likeness (QED) is 0.542. The summed E-state index contributed by atoms with van der Waals surface area (Å²) in [4.78, 5) is 30.3. The van der Waals surface area contributed by atoms with Gasteiger partial charge in [0.25, 0.3) is 0 Å². The van der Waals surface area contributed by atoms with Gasteiger partial charge in [0.1, 0.15) is 5.60 Å². The Balaban J connectivity index is 1.36. The SMILES string of the molecule is CC(C)(C)c1csc(SCC(=O)[C@@]2(O)CCC3C4CCC5=CC(=O)C=CC5(C)C4[C@@H](O)CC32C)n1. The van der Waals surface area contributed by atoms with Gasteiger partial charge in [-0.3, -0.25) is 9.59 Å². The summed E-state index contributed by atoms with van der Waals surface area (Å²) in [5.41, 5.74) is -0.332. The van der Waals surface area contributed by atoms with E-state index in [0.717, 1.165) is 34.9 Å². The summed E-state index contributed by atoms with van der Waals surface area (Å²) in [6, 6.07) is 0. The van der Waals surface area contributed by atoms with Crippen LogP contribution in [0, 0.1) is 28.6 Å². The lowest BCUT2D eigenvalue weighted by Crippen LogP contribution is -2.61. The average Bonchev–Trinajstić information content (AvgIpc) is 3.36. The first kappa shape index (κ1) is 25.4. The summed E-state index contributed by atoms with van der Waals surface area (Å²) in [6.45, 7) is 10.5. The second-order valence-corrected chi connectivity index (χ2v) is 14.7. The van der Waals surface area contributed by atoms with E-state index < -0.39 is 17.1 Å². The standard InChI is InChI=1S/C28H37NO4S2/c1-25(2,3)21-14-34-24(29-21)35-15-22(32)28(33)11-9-19-18-7-6-16-12-17(30)8-10-26(16,4)23(18)20(31)13-27(19,28)5/h8,10,12,14,18-20,23,31,33H,6-7,9,11,13,15H2,1-5H3/t18?,19?,20-,23?,26?,27?,28-/m0/s1. The second-order valence-electron chi connectivity index (χ2n) is 12.6. The molecular formula is C28H37NO4S2. The molecule has 0 radical (unpaired) electrons. The highest BCUT2D eigenvalue weighted by Gasteiger charge is 2.67. The number of allylic oxidation sites excluding steroid dienone is 4. The van der Waals surface area contributed by atoms with Gasteiger partial charge in [0.2, 0.25) is 0 Å². The molecule has 0 aromatic carbocycles. The fourth-order valence-corrected chi connectivity index (χ4v) is 9.72. The van der Waals surface area contributed by atoms with Crippen molar-refractivity contribution >= 4 is 34.7 Å². The van der Waals surface area contributed by atoms with Crippen LogP contribution in [0.4, 0.5) is 0 Å². The molecule has 1 heterocycles. The fraction of sp³-hybridized carbons (Fsp3) is 0.679. The summed E-state index contributed by atoms with van der Waals surface area (Å²) in [5.74, 6) is 0.465. The first-order valence-corrected chi connectivity index (χ1v) is 14.6. The van der Waals surface area contributed by atoms with Crippen molar-refractivity contribution in [2.45, 2.75) is 88.2 Å². The number of carbonyl (C=O) groups is 2. The summed E-state index contributed by atoms with van der Waals surface area (Å²) >= 11 is 2.96. The number of hydrogen-bond donors (Lipinski definition) is 2. The fourth-order valence-electron chi connectivity index (χ4n) is 7.70. The van der Waals surface area contributed by atoms with Gasteiger partial charge in [-0.15, -0.1) is 11.3 Å². The molecule has 3 fully saturated rings. The highest BCUT2D eigenvalue weighted by molar-refractivity contribution is 8.01. The number of aromatic nitrogens is 1. The van der Waals surface area contributed by atoms with Gasteiger partial charge in [-0.05, 0) is 56.1 Å². The maximum absolute atomic E-state index is 13.6. The van der Waals surface area contributed by atoms with Crippen molar-refractivity contribution < 1.29 is 19.8 Å². The molecule has 5 nitrogen and oxygen atoms in total. The van der Waals surface area contributed by atoms with Gasteiger partial charge in [-0.2, -0.15) is 0 Å². The van der Waals surface area contributed by atoms with Gasteiger partial charge in [0, 0.05) is 27.5 Å². The number of thiazole rings is 1. The first-order valence-electron chi connectivity index (χ1n) is 12.8. The number of ketones is 2. The average molecular weight is 516 g/mol. The molecule has 1 aromatic heterocycles. The number of aliphatic hydroxyl groups excluding tert-OH is 1. The Labute approximate surface area is 216 Å². The number of nitrogens with zero attached hydrogens (tertiary/aromatic N) is 1. The predicted octanol–water partition coefficient (Wildman–Crippen LogP) is 5.11. The third kappa shape index (κ3) is 3.84.